The Balaban J connectivity index is 1.93. The molecule has 3 rings (SSSR count). The Morgan fingerprint density at radius 2 is 1.73 bits per heavy atom. The number of benzene rings is 1. The zero-order valence-electron chi connectivity index (χ0n) is 13.5. The van der Waals surface area contributed by atoms with Crippen LogP contribution < -0.4 is 16.2 Å². The SMILES string of the molecule is Cc1ccc(-c2c(NC3CCCCC3C)c(=O)c2=O)cc1C. The van der Waals surface area contributed by atoms with Gasteiger partial charge in [-0.2, -0.15) is 0 Å². The summed E-state index contributed by atoms with van der Waals surface area (Å²) in [5, 5.41) is 3.38. The van der Waals surface area contributed by atoms with Crippen molar-refractivity contribution in [2.75, 3.05) is 5.32 Å². The van der Waals surface area contributed by atoms with Crippen LogP contribution in [0.15, 0.2) is 27.8 Å². The van der Waals surface area contributed by atoms with Crippen LogP contribution in [0.3, 0.4) is 0 Å². The van der Waals surface area contributed by atoms with Crippen molar-refractivity contribution in [3.63, 3.8) is 0 Å². The lowest BCUT2D eigenvalue weighted by molar-refractivity contribution is 0.349. The highest BCUT2D eigenvalue weighted by Gasteiger charge is 2.28. The molecule has 1 N–H and O–H groups in total. The van der Waals surface area contributed by atoms with Crippen LogP contribution in [0.5, 0.6) is 0 Å². The lowest BCUT2D eigenvalue weighted by Gasteiger charge is -2.31. The topological polar surface area (TPSA) is 46.2 Å². The summed E-state index contributed by atoms with van der Waals surface area (Å²) in [6.07, 6.45) is 4.71. The smallest absolute Gasteiger partial charge is 0.250 e. The van der Waals surface area contributed by atoms with Gasteiger partial charge in [0.2, 0.25) is 10.9 Å². The first-order valence-corrected chi connectivity index (χ1v) is 8.16. The van der Waals surface area contributed by atoms with Crippen LogP contribution in [0, 0.1) is 19.8 Å². The van der Waals surface area contributed by atoms with E-state index in [9.17, 15) is 9.59 Å². The van der Waals surface area contributed by atoms with Gasteiger partial charge in [-0.15, -0.1) is 0 Å². The summed E-state index contributed by atoms with van der Waals surface area (Å²) in [5.74, 6) is 0.547. The van der Waals surface area contributed by atoms with Crippen LogP contribution in [0.25, 0.3) is 11.1 Å². The molecule has 22 heavy (non-hydrogen) atoms. The van der Waals surface area contributed by atoms with Gasteiger partial charge >= 0.3 is 0 Å². The second-order valence-electron chi connectivity index (χ2n) is 6.72. The van der Waals surface area contributed by atoms with Crippen molar-refractivity contribution in [3.05, 3.63) is 49.8 Å². The van der Waals surface area contributed by atoms with Gasteiger partial charge in [-0.3, -0.25) is 9.59 Å². The second-order valence-corrected chi connectivity index (χ2v) is 6.72. The third kappa shape index (κ3) is 2.49. The minimum atomic E-state index is -0.356. The zero-order chi connectivity index (χ0) is 15.9. The molecular formula is C19H23NO2. The molecule has 1 fully saturated rings. The predicted molar refractivity (Wildman–Crippen MR) is 91.3 cm³/mol. The van der Waals surface area contributed by atoms with Gasteiger partial charge in [0.05, 0.1) is 11.3 Å². The lowest BCUT2D eigenvalue weighted by atomic mass is 9.85. The normalized spacial score (nSPS) is 22.0. The lowest BCUT2D eigenvalue weighted by Crippen LogP contribution is -2.41. The zero-order valence-corrected chi connectivity index (χ0v) is 13.5. The summed E-state index contributed by atoms with van der Waals surface area (Å²) >= 11 is 0. The molecule has 3 heteroatoms. The molecule has 0 spiro atoms. The van der Waals surface area contributed by atoms with Crippen LogP contribution in [0.1, 0.15) is 43.7 Å². The Hall–Kier alpha value is -1.90. The summed E-state index contributed by atoms with van der Waals surface area (Å²) < 4.78 is 0. The van der Waals surface area contributed by atoms with E-state index >= 15 is 0 Å². The molecule has 0 aromatic heterocycles. The van der Waals surface area contributed by atoms with Gasteiger partial charge in [0, 0.05) is 6.04 Å². The third-order valence-corrected chi connectivity index (χ3v) is 5.15. The second kappa shape index (κ2) is 5.71. The van der Waals surface area contributed by atoms with E-state index in [1.54, 1.807) is 0 Å². The molecule has 0 bridgehead atoms. The molecule has 0 aliphatic heterocycles. The summed E-state index contributed by atoms with van der Waals surface area (Å²) in [5.41, 5.74) is 3.59. The van der Waals surface area contributed by atoms with Gasteiger partial charge in [-0.05, 0) is 49.3 Å². The van der Waals surface area contributed by atoms with Crippen LogP contribution in [-0.2, 0) is 0 Å². The first kappa shape index (κ1) is 15.0. The van der Waals surface area contributed by atoms with E-state index in [-0.39, 0.29) is 10.9 Å². The summed E-state index contributed by atoms with van der Waals surface area (Å²) in [6.45, 7) is 6.29. The fourth-order valence-corrected chi connectivity index (χ4v) is 3.42. The number of hydrogen-bond acceptors (Lipinski definition) is 3. The molecule has 1 aliphatic rings. The average Bonchev–Trinajstić information content (AvgIpc) is 2.51. The Morgan fingerprint density at radius 3 is 2.41 bits per heavy atom. The number of anilines is 1. The molecule has 0 radical (unpaired) electrons. The molecule has 0 heterocycles. The van der Waals surface area contributed by atoms with Crippen molar-refractivity contribution < 1.29 is 0 Å². The molecule has 1 aliphatic carbocycles. The molecule has 2 unspecified atom stereocenters. The van der Waals surface area contributed by atoms with Crippen molar-refractivity contribution in [3.8, 4) is 11.1 Å². The Kier molecular flexibility index (Phi) is 3.90. The van der Waals surface area contributed by atoms with Crippen molar-refractivity contribution in [1.82, 2.24) is 0 Å². The van der Waals surface area contributed by atoms with E-state index in [0.717, 1.165) is 17.5 Å². The summed E-state index contributed by atoms with van der Waals surface area (Å²) in [7, 11) is 0. The van der Waals surface area contributed by atoms with Crippen LogP contribution >= 0.6 is 0 Å². The van der Waals surface area contributed by atoms with Gasteiger partial charge in [0.25, 0.3) is 0 Å². The average molecular weight is 297 g/mol. The number of hydrogen-bond donors (Lipinski definition) is 1. The first-order chi connectivity index (χ1) is 10.5. The molecule has 116 valence electrons. The minimum Gasteiger partial charge on any atom is -0.378 e. The van der Waals surface area contributed by atoms with Crippen molar-refractivity contribution in [1.29, 1.82) is 0 Å². The van der Waals surface area contributed by atoms with Gasteiger partial charge in [0.1, 0.15) is 0 Å². The molecule has 0 amide bonds. The van der Waals surface area contributed by atoms with E-state index in [4.69, 9.17) is 0 Å². The largest absolute Gasteiger partial charge is 0.378 e. The molecular weight excluding hydrogens is 274 g/mol. The Labute approximate surface area is 131 Å². The molecule has 2 atom stereocenters. The van der Waals surface area contributed by atoms with E-state index in [1.807, 2.05) is 32.0 Å². The van der Waals surface area contributed by atoms with Crippen LogP contribution in [0.2, 0.25) is 0 Å². The predicted octanol–water partition coefficient (Wildman–Crippen LogP) is 3.56. The summed E-state index contributed by atoms with van der Waals surface area (Å²) in [6, 6.07) is 6.26. The van der Waals surface area contributed by atoms with E-state index in [2.05, 4.69) is 12.2 Å². The van der Waals surface area contributed by atoms with E-state index in [0.29, 0.717) is 23.2 Å². The molecule has 3 nitrogen and oxygen atoms in total. The fourth-order valence-electron chi connectivity index (χ4n) is 3.42. The van der Waals surface area contributed by atoms with Crippen molar-refractivity contribution in [2.45, 2.75) is 52.5 Å². The molecule has 2 aromatic carbocycles. The first-order valence-electron chi connectivity index (χ1n) is 8.16. The Morgan fingerprint density at radius 1 is 1.00 bits per heavy atom. The van der Waals surface area contributed by atoms with Gasteiger partial charge in [-0.25, -0.2) is 0 Å². The monoisotopic (exact) mass is 297 g/mol. The maximum atomic E-state index is 12.0. The van der Waals surface area contributed by atoms with Gasteiger partial charge in [0.15, 0.2) is 0 Å². The quantitative estimate of drug-likeness (QED) is 0.881. The van der Waals surface area contributed by atoms with Crippen LogP contribution in [0.4, 0.5) is 5.69 Å². The maximum Gasteiger partial charge on any atom is 0.250 e. The number of rotatable bonds is 3. The number of aryl methyl sites for hydroxylation is 2. The maximum absolute atomic E-state index is 12.0. The van der Waals surface area contributed by atoms with Gasteiger partial charge in [-0.1, -0.05) is 38.0 Å². The number of nitrogens with one attached hydrogen (secondary N) is 1. The minimum absolute atomic E-state index is 0.308. The van der Waals surface area contributed by atoms with E-state index < -0.39 is 0 Å². The molecule has 2 aromatic rings. The highest BCUT2D eigenvalue weighted by Crippen LogP contribution is 2.30. The van der Waals surface area contributed by atoms with Crippen LogP contribution in [-0.4, -0.2) is 6.04 Å². The van der Waals surface area contributed by atoms with Gasteiger partial charge < -0.3 is 5.32 Å². The Bertz CT molecular complexity index is 768. The summed E-state index contributed by atoms with van der Waals surface area (Å²) in [4.78, 5) is 24.1. The third-order valence-electron chi connectivity index (χ3n) is 5.15. The van der Waals surface area contributed by atoms with E-state index in [1.165, 1.54) is 24.8 Å². The highest BCUT2D eigenvalue weighted by atomic mass is 16.2. The highest BCUT2D eigenvalue weighted by molar-refractivity contribution is 5.82. The van der Waals surface area contributed by atoms with Crippen molar-refractivity contribution in [2.24, 2.45) is 5.92 Å². The van der Waals surface area contributed by atoms with Crippen molar-refractivity contribution >= 4 is 5.69 Å². The molecule has 0 saturated heterocycles. The standard InChI is InChI=1S/C19H23NO2/c1-11-8-9-14(10-13(11)3)16-17(19(22)18(16)21)20-15-7-5-4-6-12(15)2/h8-10,12,15,20H,4-7H2,1-3H3. The fraction of sp³-hybridized carbons (Fsp3) is 0.474. The molecule has 1 saturated carbocycles.